The average molecular weight is 347 g/mol. The predicted octanol–water partition coefficient (Wildman–Crippen LogP) is 2.37. The summed E-state index contributed by atoms with van der Waals surface area (Å²) in [6.45, 7) is 0. The van der Waals surface area contributed by atoms with Gasteiger partial charge in [-0.25, -0.2) is 5.84 Å². The van der Waals surface area contributed by atoms with Gasteiger partial charge >= 0.3 is 12.0 Å². The van der Waals surface area contributed by atoms with Gasteiger partial charge in [0.05, 0.1) is 12.1 Å². The Balaban J connectivity index is 2.31. The first-order chi connectivity index (χ1) is 9.12. The Morgan fingerprint density at radius 1 is 1.26 bits per heavy atom. The molecule has 3 N–H and O–H groups in total. The van der Waals surface area contributed by atoms with Gasteiger partial charge in [0.1, 0.15) is 5.75 Å². The summed E-state index contributed by atoms with van der Waals surface area (Å²) >= 11 is 9.33. The number of benzene rings is 1. The van der Waals surface area contributed by atoms with Crippen LogP contribution in [0.25, 0.3) is 0 Å². The summed E-state index contributed by atoms with van der Waals surface area (Å²) in [5.41, 5.74) is 2.29. The molecule has 0 amide bonds. The molecule has 1 heterocycles. The maximum absolute atomic E-state index is 6.03. The topological polar surface area (TPSA) is 95.2 Å². The van der Waals surface area contributed by atoms with E-state index >= 15 is 0 Å². The van der Waals surface area contributed by atoms with Crippen LogP contribution in [0.4, 0.5) is 5.95 Å². The molecule has 100 valence electrons. The lowest BCUT2D eigenvalue weighted by atomic mass is 10.3. The minimum atomic E-state index is 0.0176. The van der Waals surface area contributed by atoms with Gasteiger partial charge in [-0.3, -0.25) is 5.43 Å². The number of methoxy groups -OCH3 is 1. The summed E-state index contributed by atoms with van der Waals surface area (Å²) in [4.78, 5) is 11.7. The third kappa shape index (κ3) is 3.43. The van der Waals surface area contributed by atoms with E-state index in [1.807, 2.05) is 0 Å². The maximum Gasteiger partial charge on any atom is 0.330 e. The van der Waals surface area contributed by atoms with Crippen LogP contribution in [0.3, 0.4) is 0 Å². The minimum absolute atomic E-state index is 0.0176. The standard InChI is InChI=1S/C10H9BrClN5O2/c1-18-9-14-8(17-13)15-10(16-9)19-7-3-2-5(11)4-6(7)12/h2-4H,13H2,1H3,(H,14,15,16,17). The number of nitrogen functional groups attached to an aromatic ring is 1. The van der Waals surface area contributed by atoms with Gasteiger partial charge in [-0.1, -0.05) is 27.5 Å². The quantitative estimate of drug-likeness (QED) is 0.648. The van der Waals surface area contributed by atoms with Crippen LogP contribution in [0.2, 0.25) is 5.02 Å². The van der Waals surface area contributed by atoms with Gasteiger partial charge < -0.3 is 9.47 Å². The fraction of sp³-hybridized carbons (Fsp3) is 0.100. The Kier molecular flexibility index (Phi) is 4.35. The molecule has 2 rings (SSSR count). The Morgan fingerprint density at radius 3 is 2.63 bits per heavy atom. The highest BCUT2D eigenvalue weighted by Crippen LogP contribution is 2.30. The zero-order chi connectivity index (χ0) is 13.8. The highest BCUT2D eigenvalue weighted by Gasteiger charge is 2.10. The number of nitrogens with two attached hydrogens (primary N) is 1. The number of aromatic nitrogens is 3. The summed E-state index contributed by atoms with van der Waals surface area (Å²) < 4.78 is 11.2. The molecule has 1 aromatic carbocycles. The molecule has 9 heteroatoms. The van der Waals surface area contributed by atoms with E-state index in [1.165, 1.54) is 7.11 Å². The fourth-order valence-corrected chi connectivity index (χ4v) is 1.91. The van der Waals surface area contributed by atoms with E-state index in [1.54, 1.807) is 18.2 Å². The molecule has 0 saturated heterocycles. The first-order valence-electron chi connectivity index (χ1n) is 5.02. The largest absolute Gasteiger partial charge is 0.467 e. The second-order valence-corrected chi connectivity index (χ2v) is 4.57. The average Bonchev–Trinajstić information content (AvgIpc) is 2.41. The summed E-state index contributed by atoms with van der Waals surface area (Å²) in [6.07, 6.45) is 0. The van der Waals surface area contributed by atoms with Crippen molar-refractivity contribution in [1.82, 2.24) is 15.0 Å². The molecule has 0 saturated carbocycles. The number of anilines is 1. The molecule has 0 unspecified atom stereocenters. The Labute approximate surface area is 122 Å². The van der Waals surface area contributed by atoms with Gasteiger partial charge in [-0.15, -0.1) is 4.98 Å². The molecule has 0 spiro atoms. The highest BCUT2D eigenvalue weighted by atomic mass is 79.9. The van der Waals surface area contributed by atoms with Crippen molar-refractivity contribution in [2.45, 2.75) is 0 Å². The van der Waals surface area contributed by atoms with Crippen LogP contribution < -0.4 is 20.7 Å². The third-order valence-electron chi connectivity index (χ3n) is 2.00. The molecule has 0 atom stereocenters. The number of ether oxygens (including phenoxy) is 2. The van der Waals surface area contributed by atoms with Gasteiger partial charge in [0.15, 0.2) is 0 Å². The number of hydrogen-bond acceptors (Lipinski definition) is 7. The molecule has 7 nitrogen and oxygen atoms in total. The van der Waals surface area contributed by atoms with E-state index in [4.69, 9.17) is 26.9 Å². The van der Waals surface area contributed by atoms with Crippen molar-refractivity contribution in [3.63, 3.8) is 0 Å². The van der Waals surface area contributed by atoms with E-state index in [-0.39, 0.29) is 18.0 Å². The molecule has 1 aromatic heterocycles. The Morgan fingerprint density at radius 2 is 2.00 bits per heavy atom. The van der Waals surface area contributed by atoms with E-state index in [2.05, 4.69) is 36.3 Å². The highest BCUT2D eigenvalue weighted by molar-refractivity contribution is 9.10. The lowest BCUT2D eigenvalue weighted by Gasteiger charge is -2.08. The van der Waals surface area contributed by atoms with Crippen LogP contribution in [0.5, 0.6) is 17.8 Å². The third-order valence-corrected chi connectivity index (χ3v) is 2.79. The number of nitrogens with one attached hydrogen (secondary N) is 1. The number of hydrazine groups is 1. The van der Waals surface area contributed by atoms with Gasteiger partial charge in [0, 0.05) is 4.47 Å². The van der Waals surface area contributed by atoms with E-state index in [9.17, 15) is 0 Å². The van der Waals surface area contributed by atoms with Gasteiger partial charge in [-0.05, 0) is 18.2 Å². The molecule has 0 bridgehead atoms. The first kappa shape index (κ1) is 13.8. The van der Waals surface area contributed by atoms with Crippen LogP contribution in [0, 0.1) is 0 Å². The lowest BCUT2D eigenvalue weighted by Crippen LogP contribution is -2.12. The van der Waals surface area contributed by atoms with Gasteiger partial charge in [0.25, 0.3) is 0 Å². The predicted molar refractivity (Wildman–Crippen MR) is 73.4 cm³/mol. The molecular formula is C10H9BrClN5O2. The molecule has 19 heavy (non-hydrogen) atoms. The molecule has 0 radical (unpaired) electrons. The smallest absolute Gasteiger partial charge is 0.330 e. The van der Waals surface area contributed by atoms with Crippen LogP contribution in [-0.2, 0) is 0 Å². The first-order valence-corrected chi connectivity index (χ1v) is 6.19. The fourth-order valence-electron chi connectivity index (χ4n) is 1.20. The molecule has 0 aliphatic heterocycles. The minimum Gasteiger partial charge on any atom is -0.467 e. The summed E-state index contributed by atoms with van der Waals surface area (Å²) in [6, 6.07) is 5.24. The monoisotopic (exact) mass is 345 g/mol. The van der Waals surface area contributed by atoms with E-state index < -0.39 is 0 Å². The van der Waals surface area contributed by atoms with Crippen molar-refractivity contribution < 1.29 is 9.47 Å². The zero-order valence-electron chi connectivity index (χ0n) is 9.72. The van der Waals surface area contributed by atoms with Crippen LogP contribution in [0.15, 0.2) is 22.7 Å². The van der Waals surface area contributed by atoms with Crippen molar-refractivity contribution >= 4 is 33.5 Å². The molecule has 0 aliphatic carbocycles. The van der Waals surface area contributed by atoms with Crippen molar-refractivity contribution in [2.75, 3.05) is 12.5 Å². The van der Waals surface area contributed by atoms with Crippen molar-refractivity contribution in [3.8, 4) is 17.8 Å². The van der Waals surface area contributed by atoms with Gasteiger partial charge in [-0.2, -0.15) is 9.97 Å². The van der Waals surface area contributed by atoms with Crippen LogP contribution >= 0.6 is 27.5 Å². The normalized spacial score (nSPS) is 10.1. The van der Waals surface area contributed by atoms with Crippen molar-refractivity contribution in [3.05, 3.63) is 27.7 Å². The second kappa shape index (κ2) is 6.00. The number of hydrogen-bond donors (Lipinski definition) is 2. The maximum atomic E-state index is 6.03. The van der Waals surface area contributed by atoms with Crippen LogP contribution in [0.1, 0.15) is 0 Å². The summed E-state index contributed by atoms with van der Waals surface area (Å²) in [5, 5.41) is 0.413. The summed E-state index contributed by atoms with van der Waals surface area (Å²) in [7, 11) is 1.42. The Hall–Kier alpha value is -1.64. The Bertz CT molecular complexity index is 576. The molecule has 0 aliphatic rings. The number of halogens is 2. The number of nitrogens with zero attached hydrogens (tertiary/aromatic N) is 3. The van der Waals surface area contributed by atoms with Crippen LogP contribution in [-0.4, -0.2) is 22.1 Å². The lowest BCUT2D eigenvalue weighted by molar-refractivity contribution is 0.360. The number of rotatable bonds is 4. The van der Waals surface area contributed by atoms with Crippen molar-refractivity contribution in [1.29, 1.82) is 0 Å². The second-order valence-electron chi connectivity index (χ2n) is 3.25. The zero-order valence-corrected chi connectivity index (χ0v) is 12.1. The summed E-state index contributed by atoms with van der Waals surface area (Å²) in [5.74, 6) is 5.76. The molecule has 0 fully saturated rings. The molecular weight excluding hydrogens is 338 g/mol. The van der Waals surface area contributed by atoms with E-state index in [0.29, 0.717) is 10.8 Å². The van der Waals surface area contributed by atoms with Gasteiger partial charge in [0.2, 0.25) is 5.95 Å². The van der Waals surface area contributed by atoms with E-state index in [0.717, 1.165) is 4.47 Å². The SMILES string of the molecule is COc1nc(NN)nc(Oc2ccc(Br)cc2Cl)n1. The molecule has 2 aromatic rings. The van der Waals surface area contributed by atoms with Crippen molar-refractivity contribution in [2.24, 2.45) is 5.84 Å².